The van der Waals surface area contributed by atoms with Crippen molar-refractivity contribution in [3.63, 3.8) is 0 Å². The lowest BCUT2D eigenvalue weighted by Gasteiger charge is -2.18. The lowest BCUT2D eigenvalue weighted by molar-refractivity contribution is -0.117. The fraction of sp³-hybridized carbons (Fsp3) is 0.208. The Balaban J connectivity index is 1.34. The van der Waals surface area contributed by atoms with Gasteiger partial charge in [-0.2, -0.15) is 0 Å². The van der Waals surface area contributed by atoms with Crippen LogP contribution in [-0.2, 0) is 11.2 Å². The molecule has 3 aromatic rings. The third kappa shape index (κ3) is 4.84. The van der Waals surface area contributed by atoms with Crippen LogP contribution in [0.5, 0.6) is 0 Å². The summed E-state index contributed by atoms with van der Waals surface area (Å²) in [7, 11) is 0. The largest absolute Gasteiger partial charge is 0.337 e. The summed E-state index contributed by atoms with van der Waals surface area (Å²) in [5, 5.41) is 5.59. The van der Waals surface area contributed by atoms with Gasteiger partial charge in [-0.3, -0.25) is 10.1 Å². The van der Waals surface area contributed by atoms with Crippen molar-refractivity contribution in [1.29, 1.82) is 0 Å². The molecule has 30 heavy (non-hydrogen) atoms. The smallest absolute Gasteiger partial charge is 0.320 e. The third-order valence-corrected chi connectivity index (χ3v) is 5.23. The van der Waals surface area contributed by atoms with Crippen LogP contribution in [0.15, 0.2) is 79.0 Å². The molecule has 1 aliphatic rings. The maximum Gasteiger partial charge on any atom is 0.320 e. The van der Waals surface area contributed by atoms with Gasteiger partial charge in [-0.15, -0.1) is 0 Å². The predicted octanol–water partition coefficient (Wildman–Crippen LogP) is 3.97. The Bertz CT molecular complexity index is 1010. The van der Waals surface area contributed by atoms with E-state index in [1.807, 2.05) is 48.5 Å². The highest BCUT2D eigenvalue weighted by Crippen LogP contribution is 2.32. The lowest BCUT2D eigenvalue weighted by Crippen LogP contribution is -2.31. The maximum absolute atomic E-state index is 12.6. The zero-order valence-corrected chi connectivity index (χ0v) is 16.6. The van der Waals surface area contributed by atoms with Gasteiger partial charge < -0.3 is 10.2 Å². The van der Waals surface area contributed by atoms with E-state index in [1.54, 1.807) is 23.2 Å². The van der Waals surface area contributed by atoms with Crippen molar-refractivity contribution in [2.45, 2.75) is 18.8 Å². The minimum atomic E-state index is -0.314. The van der Waals surface area contributed by atoms with E-state index in [4.69, 9.17) is 0 Å². The highest BCUT2D eigenvalue weighted by Gasteiger charge is 2.31. The van der Waals surface area contributed by atoms with Gasteiger partial charge >= 0.3 is 6.03 Å². The standard InChI is InChI=1S/C24H24N4O2/c29-23-15-20(19-9-5-2-6-10-19)17-28(23)21-12-14-25-22(16-21)27-24(30)26-13-11-18-7-3-1-4-8-18/h1-10,12,14,16,20H,11,13,15,17H2,(H2,25,26,27,30). The van der Waals surface area contributed by atoms with Crippen LogP contribution in [0.3, 0.4) is 0 Å². The molecule has 4 rings (SSSR count). The van der Waals surface area contributed by atoms with Crippen LogP contribution in [0.2, 0.25) is 0 Å². The number of benzene rings is 2. The van der Waals surface area contributed by atoms with E-state index in [0.29, 0.717) is 25.3 Å². The van der Waals surface area contributed by atoms with Crippen LogP contribution in [0.1, 0.15) is 23.5 Å². The van der Waals surface area contributed by atoms with E-state index in [0.717, 1.165) is 12.1 Å². The molecule has 0 radical (unpaired) electrons. The quantitative estimate of drug-likeness (QED) is 0.658. The number of nitrogens with one attached hydrogen (secondary N) is 2. The third-order valence-electron chi connectivity index (χ3n) is 5.23. The van der Waals surface area contributed by atoms with Crippen molar-refractivity contribution >= 4 is 23.4 Å². The number of rotatable bonds is 6. The predicted molar refractivity (Wildman–Crippen MR) is 118 cm³/mol. The molecule has 3 amide bonds. The van der Waals surface area contributed by atoms with Gasteiger partial charge in [0.15, 0.2) is 0 Å². The van der Waals surface area contributed by atoms with Crippen molar-refractivity contribution < 1.29 is 9.59 Å². The molecule has 152 valence electrons. The van der Waals surface area contributed by atoms with Crippen LogP contribution in [0.25, 0.3) is 0 Å². The maximum atomic E-state index is 12.6. The van der Waals surface area contributed by atoms with Gasteiger partial charge in [0.25, 0.3) is 0 Å². The monoisotopic (exact) mass is 400 g/mol. The summed E-state index contributed by atoms with van der Waals surface area (Å²) in [6.07, 6.45) is 2.85. The van der Waals surface area contributed by atoms with Crippen LogP contribution >= 0.6 is 0 Å². The Kier molecular flexibility index (Phi) is 6.03. The van der Waals surface area contributed by atoms with Crippen LogP contribution in [-0.4, -0.2) is 30.0 Å². The highest BCUT2D eigenvalue weighted by molar-refractivity contribution is 5.97. The Morgan fingerprint density at radius 3 is 2.53 bits per heavy atom. The zero-order chi connectivity index (χ0) is 20.8. The number of nitrogens with zero attached hydrogens (tertiary/aromatic N) is 2. The SMILES string of the molecule is O=C(NCCc1ccccc1)Nc1cc(N2CC(c3ccccc3)CC2=O)ccn1. The number of carbonyl (C=O) groups excluding carboxylic acids is 2. The average Bonchev–Trinajstić information content (AvgIpc) is 3.17. The fourth-order valence-corrected chi connectivity index (χ4v) is 3.69. The number of amides is 3. The van der Waals surface area contributed by atoms with Crippen molar-refractivity contribution in [3.8, 4) is 0 Å². The molecule has 1 aliphatic heterocycles. The van der Waals surface area contributed by atoms with Crippen molar-refractivity contribution in [1.82, 2.24) is 10.3 Å². The second-order valence-corrected chi connectivity index (χ2v) is 7.33. The molecular weight excluding hydrogens is 376 g/mol. The molecule has 2 aromatic carbocycles. The Hall–Kier alpha value is -3.67. The minimum Gasteiger partial charge on any atom is -0.337 e. The van der Waals surface area contributed by atoms with Gasteiger partial charge in [-0.05, 0) is 23.6 Å². The molecule has 0 bridgehead atoms. The second kappa shape index (κ2) is 9.22. The average molecular weight is 400 g/mol. The molecule has 1 saturated heterocycles. The number of urea groups is 1. The minimum absolute atomic E-state index is 0.0771. The van der Waals surface area contributed by atoms with E-state index < -0.39 is 0 Å². The van der Waals surface area contributed by atoms with Crippen molar-refractivity contribution in [2.75, 3.05) is 23.3 Å². The molecule has 1 unspecified atom stereocenters. The number of anilines is 2. The van der Waals surface area contributed by atoms with Crippen LogP contribution < -0.4 is 15.5 Å². The summed E-state index contributed by atoms with van der Waals surface area (Å²) in [6.45, 7) is 1.15. The summed E-state index contributed by atoms with van der Waals surface area (Å²) in [5.74, 6) is 0.665. The Morgan fingerprint density at radius 2 is 1.77 bits per heavy atom. The molecule has 6 nitrogen and oxygen atoms in total. The molecule has 2 heterocycles. The van der Waals surface area contributed by atoms with E-state index in [9.17, 15) is 9.59 Å². The topological polar surface area (TPSA) is 74.3 Å². The number of carbonyl (C=O) groups is 2. The molecule has 0 spiro atoms. The van der Waals surface area contributed by atoms with Gasteiger partial charge in [0.05, 0.1) is 0 Å². The van der Waals surface area contributed by atoms with Gasteiger partial charge in [0, 0.05) is 43.4 Å². The molecule has 2 N–H and O–H groups in total. The van der Waals surface area contributed by atoms with Gasteiger partial charge in [0.1, 0.15) is 5.82 Å². The number of hydrogen-bond donors (Lipinski definition) is 2. The van der Waals surface area contributed by atoms with Crippen LogP contribution in [0.4, 0.5) is 16.3 Å². The summed E-state index contributed by atoms with van der Waals surface area (Å²) in [6, 6.07) is 23.3. The number of aromatic nitrogens is 1. The molecule has 0 aliphatic carbocycles. The molecular formula is C24H24N4O2. The van der Waals surface area contributed by atoms with E-state index >= 15 is 0 Å². The van der Waals surface area contributed by atoms with E-state index in [1.165, 1.54) is 11.1 Å². The first-order valence-corrected chi connectivity index (χ1v) is 10.1. The summed E-state index contributed by atoms with van der Waals surface area (Å²) >= 11 is 0. The van der Waals surface area contributed by atoms with Crippen molar-refractivity contribution in [2.24, 2.45) is 0 Å². The Morgan fingerprint density at radius 1 is 1.03 bits per heavy atom. The zero-order valence-electron chi connectivity index (χ0n) is 16.6. The normalized spacial score (nSPS) is 15.8. The first-order chi connectivity index (χ1) is 14.7. The van der Waals surface area contributed by atoms with Gasteiger partial charge in [0.2, 0.25) is 5.91 Å². The summed E-state index contributed by atoms with van der Waals surface area (Å²) in [4.78, 5) is 30.7. The molecule has 1 fully saturated rings. The summed E-state index contributed by atoms with van der Waals surface area (Å²) < 4.78 is 0. The van der Waals surface area contributed by atoms with Gasteiger partial charge in [-0.25, -0.2) is 9.78 Å². The first kappa shape index (κ1) is 19.6. The van der Waals surface area contributed by atoms with Crippen molar-refractivity contribution in [3.05, 3.63) is 90.1 Å². The van der Waals surface area contributed by atoms with E-state index in [-0.39, 0.29) is 17.9 Å². The molecule has 1 atom stereocenters. The first-order valence-electron chi connectivity index (χ1n) is 10.1. The Labute approximate surface area is 175 Å². The summed E-state index contributed by atoms with van der Waals surface area (Å²) in [5.41, 5.74) is 3.07. The highest BCUT2D eigenvalue weighted by atomic mass is 16.2. The fourth-order valence-electron chi connectivity index (χ4n) is 3.69. The molecule has 0 saturated carbocycles. The molecule has 1 aromatic heterocycles. The number of hydrogen-bond acceptors (Lipinski definition) is 3. The van der Waals surface area contributed by atoms with Gasteiger partial charge in [-0.1, -0.05) is 60.7 Å². The lowest BCUT2D eigenvalue weighted by atomic mass is 9.99. The molecule has 6 heteroatoms. The van der Waals surface area contributed by atoms with E-state index in [2.05, 4.69) is 27.8 Å². The number of pyridine rings is 1. The second-order valence-electron chi connectivity index (χ2n) is 7.33. The van der Waals surface area contributed by atoms with Crippen LogP contribution in [0, 0.1) is 0 Å².